The average Bonchev–Trinajstić information content (AvgIpc) is 3.29. The second kappa shape index (κ2) is 13.3. The van der Waals surface area contributed by atoms with E-state index in [1.165, 1.54) is 19.2 Å². The van der Waals surface area contributed by atoms with Gasteiger partial charge in [0.2, 0.25) is 11.8 Å². The van der Waals surface area contributed by atoms with Crippen molar-refractivity contribution in [3.63, 3.8) is 0 Å². The smallest absolute Gasteiger partial charge is 0.488 e. The van der Waals surface area contributed by atoms with Gasteiger partial charge in [0, 0.05) is 6.20 Å². The molecule has 46 heavy (non-hydrogen) atoms. The molecule has 2 saturated heterocycles. The van der Waals surface area contributed by atoms with Crippen LogP contribution in [0.25, 0.3) is 11.6 Å². The maximum Gasteiger partial charge on any atom is 0.488 e. The molecule has 6 rings (SSSR count). The van der Waals surface area contributed by atoms with Gasteiger partial charge in [-0.2, -0.15) is 0 Å². The Bertz CT molecular complexity index is 1730. The summed E-state index contributed by atoms with van der Waals surface area (Å²) in [7, 11) is -1.34. The van der Waals surface area contributed by atoms with Crippen LogP contribution in [0.2, 0.25) is 6.32 Å². The van der Waals surface area contributed by atoms with Crippen LogP contribution in [0.4, 0.5) is 5.69 Å². The van der Waals surface area contributed by atoms with Crippen molar-refractivity contribution >= 4 is 71.4 Å². The van der Waals surface area contributed by atoms with E-state index in [4.69, 9.17) is 9.39 Å². The van der Waals surface area contributed by atoms with E-state index in [9.17, 15) is 29.8 Å². The molecule has 2 fully saturated rings. The minimum atomic E-state index is -1.73. The number of fused-ring (bicyclic) bond motifs is 3. The number of imide groups is 1. The molecule has 0 radical (unpaired) electrons. The molecule has 13 heteroatoms. The fourth-order valence-corrected chi connectivity index (χ4v) is 7.77. The van der Waals surface area contributed by atoms with E-state index >= 15 is 0 Å². The van der Waals surface area contributed by atoms with E-state index in [-0.39, 0.29) is 35.3 Å². The highest BCUT2D eigenvalue weighted by Crippen LogP contribution is 2.51. The Kier molecular flexibility index (Phi) is 9.40. The van der Waals surface area contributed by atoms with Gasteiger partial charge in [-0.15, -0.1) is 0 Å². The number of halogens is 1. The fraction of sp³-hybridized carbons (Fsp3) is 0.303. The number of methoxy groups -OCH3 is 1. The number of pyridine rings is 1. The number of phenolic OH excluding ortho intramolecular Hbond substituents is 1. The average molecular weight is 734 g/mol. The summed E-state index contributed by atoms with van der Waals surface area (Å²) in [4.78, 5) is 33.4. The van der Waals surface area contributed by atoms with Crippen molar-refractivity contribution < 1.29 is 39.2 Å². The summed E-state index contributed by atoms with van der Waals surface area (Å²) in [6.45, 7) is 1.97. The number of carbonyl (C=O) groups excluding carboxylic acids is 2. The molecule has 2 aromatic carbocycles. The van der Waals surface area contributed by atoms with Gasteiger partial charge in [0.1, 0.15) is 0 Å². The van der Waals surface area contributed by atoms with E-state index in [1.807, 2.05) is 37.3 Å². The molecule has 4 atom stereocenters. The van der Waals surface area contributed by atoms with Crippen LogP contribution in [0.3, 0.4) is 0 Å². The lowest BCUT2D eigenvalue weighted by Crippen LogP contribution is -2.46. The lowest BCUT2D eigenvalue weighted by molar-refractivity contribution is -0.122. The number of rotatable bonds is 8. The van der Waals surface area contributed by atoms with E-state index in [2.05, 4.69) is 27.6 Å². The van der Waals surface area contributed by atoms with Gasteiger partial charge in [0.15, 0.2) is 11.5 Å². The van der Waals surface area contributed by atoms with Crippen molar-refractivity contribution in [1.29, 1.82) is 0 Å². The lowest BCUT2D eigenvalue weighted by Gasteiger charge is -2.42. The number of aromatic hydroxyl groups is 1. The van der Waals surface area contributed by atoms with Crippen LogP contribution in [0, 0.1) is 21.3 Å². The Morgan fingerprint density at radius 3 is 2.67 bits per heavy atom. The summed E-state index contributed by atoms with van der Waals surface area (Å²) in [5, 5.41) is 40.6. The zero-order valence-corrected chi connectivity index (χ0v) is 27.5. The highest BCUT2D eigenvalue weighted by Gasteiger charge is 2.57. The number of amides is 2. The standard InChI is InChI=1S/C33H33B2IN2O8/c1-18-12-23-30(33(41)38(32(23)40)22-7-5-6-21(16-22)35(43)44)24-17-34(42)46-27(29(18)24)10-9-20(26-8-3-4-11-37-26)13-19-14-25(36)31(39)28(15-19)45-2/h3-8,11,13-16,23-24,27,30,39,42-44H,9-10,12,17H2,1-2H3/b20-13-/t23-,24+,27-,30-/m1/s1. The van der Waals surface area contributed by atoms with E-state index in [1.54, 1.807) is 24.4 Å². The Labute approximate surface area is 281 Å². The van der Waals surface area contributed by atoms with Crippen LogP contribution < -0.4 is 15.1 Å². The number of anilines is 1. The third-order valence-corrected chi connectivity index (χ3v) is 9.98. The molecule has 0 unspecified atom stereocenters. The topological polar surface area (TPSA) is 150 Å². The van der Waals surface area contributed by atoms with Gasteiger partial charge in [-0.3, -0.25) is 19.5 Å². The van der Waals surface area contributed by atoms with Crippen molar-refractivity contribution in [2.24, 2.45) is 17.8 Å². The second-order valence-electron chi connectivity index (χ2n) is 12.0. The lowest BCUT2D eigenvalue weighted by atomic mass is 9.58. The van der Waals surface area contributed by atoms with Gasteiger partial charge in [0.05, 0.1) is 40.0 Å². The van der Waals surface area contributed by atoms with Gasteiger partial charge < -0.3 is 29.6 Å². The molecule has 236 valence electrons. The predicted octanol–water partition coefficient (Wildman–Crippen LogP) is 3.42. The molecular weight excluding hydrogens is 701 g/mol. The summed E-state index contributed by atoms with van der Waals surface area (Å²) in [6.07, 6.45) is 4.85. The Morgan fingerprint density at radius 1 is 1.15 bits per heavy atom. The number of nitrogens with zero attached hydrogens (tertiary/aromatic N) is 2. The van der Waals surface area contributed by atoms with Crippen LogP contribution in [0.15, 0.2) is 71.9 Å². The molecule has 0 spiro atoms. The summed E-state index contributed by atoms with van der Waals surface area (Å²) in [5.41, 5.74) is 4.92. The first kappa shape index (κ1) is 32.5. The van der Waals surface area contributed by atoms with E-state index in [0.29, 0.717) is 34.3 Å². The minimum absolute atomic E-state index is 0.0745. The molecule has 2 aliphatic heterocycles. The molecule has 1 aliphatic carbocycles. The SMILES string of the molecule is COc1cc(/C=C(/CC[C@H]2OB(O)C[C@H]3C2=C(C)C[C@H]2C(=O)N(c4cccc(B(O)O)c4)C(=O)[C@H]23)c2ccccn2)cc(I)c1O. The van der Waals surface area contributed by atoms with Crippen LogP contribution >= 0.6 is 22.6 Å². The first-order chi connectivity index (χ1) is 22.1. The zero-order chi connectivity index (χ0) is 32.7. The Balaban J connectivity index is 1.30. The van der Waals surface area contributed by atoms with Gasteiger partial charge in [-0.05, 0) is 126 Å². The van der Waals surface area contributed by atoms with Gasteiger partial charge in [0.25, 0.3) is 0 Å². The fourth-order valence-electron chi connectivity index (χ4n) is 7.15. The Hall–Kier alpha value is -3.49. The molecule has 0 saturated carbocycles. The molecule has 1 aromatic heterocycles. The number of hydrogen-bond donors (Lipinski definition) is 4. The number of hydrogen-bond acceptors (Lipinski definition) is 9. The van der Waals surface area contributed by atoms with Crippen LogP contribution in [-0.2, 0) is 14.2 Å². The number of benzene rings is 2. The number of phenols is 1. The highest BCUT2D eigenvalue weighted by molar-refractivity contribution is 14.1. The van der Waals surface area contributed by atoms with Crippen molar-refractivity contribution in [2.45, 2.75) is 38.6 Å². The second-order valence-corrected chi connectivity index (χ2v) is 13.1. The maximum absolute atomic E-state index is 14.0. The van der Waals surface area contributed by atoms with Crippen molar-refractivity contribution in [3.05, 3.63) is 86.8 Å². The molecular formula is C33H33B2IN2O8. The van der Waals surface area contributed by atoms with Gasteiger partial charge >= 0.3 is 14.2 Å². The molecule has 4 N–H and O–H groups in total. The van der Waals surface area contributed by atoms with E-state index in [0.717, 1.165) is 32.9 Å². The third-order valence-electron chi connectivity index (χ3n) is 9.16. The monoisotopic (exact) mass is 734 g/mol. The molecule has 10 nitrogen and oxygen atoms in total. The largest absolute Gasteiger partial charge is 0.504 e. The molecule has 3 aliphatic rings. The van der Waals surface area contributed by atoms with E-state index < -0.39 is 32.2 Å². The van der Waals surface area contributed by atoms with Crippen molar-refractivity contribution in [1.82, 2.24) is 4.98 Å². The van der Waals surface area contributed by atoms with Crippen LogP contribution in [-0.4, -0.2) is 64.4 Å². The van der Waals surface area contributed by atoms with Crippen LogP contribution in [0.1, 0.15) is 37.4 Å². The first-order valence-corrected chi connectivity index (χ1v) is 16.2. The minimum Gasteiger partial charge on any atom is -0.504 e. The molecule has 0 bridgehead atoms. The van der Waals surface area contributed by atoms with Crippen molar-refractivity contribution in [2.75, 3.05) is 12.0 Å². The highest BCUT2D eigenvalue weighted by atomic mass is 127. The normalized spacial score (nSPS) is 23.0. The first-order valence-electron chi connectivity index (χ1n) is 15.1. The Morgan fingerprint density at radius 2 is 1.96 bits per heavy atom. The quantitative estimate of drug-likeness (QED) is 0.118. The van der Waals surface area contributed by atoms with Crippen LogP contribution in [0.5, 0.6) is 11.5 Å². The van der Waals surface area contributed by atoms with Gasteiger partial charge in [-0.1, -0.05) is 23.8 Å². The number of ether oxygens (including phenoxy) is 1. The van der Waals surface area contributed by atoms with Gasteiger partial charge in [-0.25, -0.2) is 0 Å². The summed E-state index contributed by atoms with van der Waals surface area (Å²) in [5.74, 6) is -1.86. The zero-order valence-electron chi connectivity index (χ0n) is 25.3. The number of aromatic nitrogens is 1. The molecule has 3 aromatic rings. The predicted molar refractivity (Wildman–Crippen MR) is 183 cm³/mol. The molecule has 2 amide bonds. The summed E-state index contributed by atoms with van der Waals surface area (Å²) in [6, 6.07) is 15.4. The third kappa shape index (κ3) is 6.14. The molecule has 3 heterocycles. The summed E-state index contributed by atoms with van der Waals surface area (Å²) < 4.78 is 12.1. The number of carbonyl (C=O) groups is 2. The summed E-state index contributed by atoms with van der Waals surface area (Å²) >= 11 is 2.06. The van der Waals surface area contributed by atoms with Crippen molar-refractivity contribution in [3.8, 4) is 11.5 Å². The number of allylic oxidation sites excluding steroid dienone is 2. The maximum atomic E-state index is 14.0.